The van der Waals surface area contributed by atoms with E-state index in [1.165, 1.54) is 24.3 Å². The number of esters is 1. The maximum atomic E-state index is 10.8. The number of hydrogen-bond acceptors (Lipinski definition) is 5. The fourth-order valence-electron chi connectivity index (χ4n) is 1.21. The Morgan fingerprint density at radius 1 is 1.35 bits per heavy atom. The molecule has 0 aliphatic carbocycles. The molecule has 0 aliphatic rings. The minimum atomic E-state index is -1.23. The SMILES string of the molecule is C=CC(=O)OCC(O)C(O)c1ccc(O)cc1. The molecule has 0 fully saturated rings. The highest BCUT2D eigenvalue weighted by Gasteiger charge is 2.19. The van der Waals surface area contributed by atoms with Crippen LogP contribution in [0.25, 0.3) is 0 Å². The minimum absolute atomic E-state index is 0.0634. The van der Waals surface area contributed by atoms with Crippen LogP contribution in [-0.4, -0.2) is 34.0 Å². The summed E-state index contributed by atoms with van der Waals surface area (Å²) in [4.78, 5) is 10.8. The van der Waals surface area contributed by atoms with Crippen LogP contribution in [0.5, 0.6) is 5.75 Å². The molecule has 0 saturated heterocycles. The molecule has 0 amide bonds. The Balaban J connectivity index is 2.56. The van der Waals surface area contributed by atoms with Gasteiger partial charge >= 0.3 is 5.97 Å². The summed E-state index contributed by atoms with van der Waals surface area (Å²) < 4.78 is 4.60. The van der Waals surface area contributed by atoms with E-state index in [0.29, 0.717) is 5.56 Å². The Labute approximate surface area is 98.6 Å². The smallest absolute Gasteiger partial charge is 0.330 e. The summed E-state index contributed by atoms with van der Waals surface area (Å²) in [5.41, 5.74) is 0.421. The first-order valence-corrected chi connectivity index (χ1v) is 4.99. The van der Waals surface area contributed by atoms with Gasteiger partial charge in [0.05, 0.1) is 0 Å². The van der Waals surface area contributed by atoms with Crippen LogP contribution >= 0.6 is 0 Å². The molecule has 0 aromatic heterocycles. The molecule has 1 aromatic carbocycles. The number of carbonyl (C=O) groups excluding carboxylic acids is 1. The number of carbonyl (C=O) groups is 1. The molecule has 17 heavy (non-hydrogen) atoms. The minimum Gasteiger partial charge on any atom is -0.508 e. The fraction of sp³-hybridized carbons (Fsp3) is 0.250. The van der Waals surface area contributed by atoms with Crippen LogP contribution in [-0.2, 0) is 9.53 Å². The lowest BCUT2D eigenvalue weighted by molar-refractivity contribution is -0.143. The van der Waals surface area contributed by atoms with Crippen molar-refractivity contribution in [3.05, 3.63) is 42.5 Å². The second kappa shape index (κ2) is 6.03. The number of benzene rings is 1. The zero-order chi connectivity index (χ0) is 12.8. The average molecular weight is 238 g/mol. The quantitative estimate of drug-likeness (QED) is 0.514. The summed E-state index contributed by atoms with van der Waals surface area (Å²) in [5.74, 6) is -0.601. The number of ether oxygens (including phenoxy) is 1. The predicted molar refractivity (Wildman–Crippen MR) is 60.2 cm³/mol. The molecular weight excluding hydrogens is 224 g/mol. The van der Waals surface area contributed by atoms with E-state index < -0.39 is 18.2 Å². The number of rotatable bonds is 5. The summed E-state index contributed by atoms with van der Waals surface area (Å²) in [7, 11) is 0. The average Bonchev–Trinajstić information content (AvgIpc) is 2.35. The van der Waals surface area contributed by atoms with Crippen LogP contribution in [0.2, 0.25) is 0 Å². The summed E-state index contributed by atoms with van der Waals surface area (Å²) in [6.07, 6.45) is -1.45. The lowest BCUT2D eigenvalue weighted by Gasteiger charge is -2.17. The second-order valence-electron chi connectivity index (χ2n) is 3.44. The Bertz CT molecular complexity index is 384. The number of aliphatic hydroxyl groups is 2. The van der Waals surface area contributed by atoms with E-state index in [2.05, 4.69) is 11.3 Å². The molecule has 2 unspecified atom stereocenters. The number of aromatic hydroxyl groups is 1. The monoisotopic (exact) mass is 238 g/mol. The first-order valence-electron chi connectivity index (χ1n) is 4.99. The van der Waals surface area contributed by atoms with Gasteiger partial charge in [-0.3, -0.25) is 0 Å². The van der Waals surface area contributed by atoms with Crippen molar-refractivity contribution < 1.29 is 24.9 Å². The maximum absolute atomic E-state index is 10.8. The largest absolute Gasteiger partial charge is 0.508 e. The molecule has 1 aromatic rings. The zero-order valence-electron chi connectivity index (χ0n) is 9.11. The normalized spacial score (nSPS) is 13.8. The highest BCUT2D eigenvalue weighted by atomic mass is 16.5. The van der Waals surface area contributed by atoms with Crippen LogP contribution in [0.3, 0.4) is 0 Å². The zero-order valence-corrected chi connectivity index (χ0v) is 9.11. The molecule has 2 atom stereocenters. The lowest BCUT2D eigenvalue weighted by Crippen LogP contribution is -2.25. The van der Waals surface area contributed by atoms with Crippen LogP contribution in [0, 0.1) is 0 Å². The second-order valence-corrected chi connectivity index (χ2v) is 3.44. The van der Waals surface area contributed by atoms with Gasteiger partial charge in [0.2, 0.25) is 0 Å². The molecule has 0 radical (unpaired) electrons. The summed E-state index contributed by atoms with van der Waals surface area (Å²) in [5, 5.41) is 28.3. The van der Waals surface area contributed by atoms with Crippen molar-refractivity contribution in [3.63, 3.8) is 0 Å². The molecule has 1 rings (SSSR count). The molecule has 0 bridgehead atoms. The van der Waals surface area contributed by atoms with Crippen LogP contribution in [0.4, 0.5) is 0 Å². The standard InChI is InChI=1S/C12H14O5/c1-2-11(15)17-7-10(14)12(16)8-3-5-9(13)6-4-8/h2-6,10,12-14,16H,1,7H2. The van der Waals surface area contributed by atoms with Crippen molar-refractivity contribution in [1.29, 1.82) is 0 Å². The molecule has 0 spiro atoms. The van der Waals surface area contributed by atoms with Gasteiger partial charge in [0.1, 0.15) is 24.6 Å². The molecule has 0 aliphatic heterocycles. The van der Waals surface area contributed by atoms with E-state index in [1.807, 2.05) is 0 Å². The van der Waals surface area contributed by atoms with Gasteiger partial charge in [-0.1, -0.05) is 18.7 Å². The van der Waals surface area contributed by atoms with Gasteiger partial charge in [0.15, 0.2) is 0 Å². The van der Waals surface area contributed by atoms with E-state index >= 15 is 0 Å². The lowest BCUT2D eigenvalue weighted by atomic mass is 10.1. The fourth-order valence-corrected chi connectivity index (χ4v) is 1.21. The Hall–Kier alpha value is -1.85. The molecule has 92 valence electrons. The van der Waals surface area contributed by atoms with Crippen molar-refractivity contribution in [2.45, 2.75) is 12.2 Å². The van der Waals surface area contributed by atoms with E-state index in [-0.39, 0.29) is 12.4 Å². The molecule has 0 saturated carbocycles. The Morgan fingerprint density at radius 3 is 2.47 bits per heavy atom. The number of hydrogen-bond donors (Lipinski definition) is 3. The summed E-state index contributed by atoms with van der Waals surface area (Å²) >= 11 is 0. The van der Waals surface area contributed by atoms with Gasteiger partial charge in [0, 0.05) is 6.08 Å². The Morgan fingerprint density at radius 2 is 1.94 bits per heavy atom. The van der Waals surface area contributed by atoms with Crippen molar-refractivity contribution in [2.24, 2.45) is 0 Å². The molecule has 5 nitrogen and oxygen atoms in total. The van der Waals surface area contributed by atoms with Crippen LogP contribution in [0.15, 0.2) is 36.9 Å². The summed E-state index contributed by atoms with van der Waals surface area (Å²) in [6, 6.07) is 5.72. The predicted octanol–water partition coefficient (Wildman–Crippen LogP) is 0.516. The van der Waals surface area contributed by atoms with Crippen LogP contribution in [0.1, 0.15) is 11.7 Å². The molecular formula is C12H14O5. The third-order valence-corrected chi connectivity index (χ3v) is 2.16. The third-order valence-electron chi connectivity index (χ3n) is 2.16. The van der Waals surface area contributed by atoms with Crippen LogP contribution < -0.4 is 0 Å². The molecule has 5 heteroatoms. The molecule has 0 heterocycles. The topological polar surface area (TPSA) is 87.0 Å². The highest BCUT2D eigenvalue weighted by molar-refractivity contribution is 5.81. The first kappa shape index (κ1) is 13.2. The van der Waals surface area contributed by atoms with Crippen molar-refractivity contribution >= 4 is 5.97 Å². The maximum Gasteiger partial charge on any atom is 0.330 e. The van der Waals surface area contributed by atoms with Gasteiger partial charge in [-0.2, -0.15) is 0 Å². The van der Waals surface area contributed by atoms with Crippen molar-refractivity contribution in [2.75, 3.05) is 6.61 Å². The number of phenols is 1. The van der Waals surface area contributed by atoms with E-state index in [9.17, 15) is 15.0 Å². The van der Waals surface area contributed by atoms with E-state index in [0.717, 1.165) is 6.08 Å². The van der Waals surface area contributed by atoms with E-state index in [4.69, 9.17) is 5.11 Å². The number of phenolic OH excluding ortho intramolecular Hbond substituents is 1. The van der Waals surface area contributed by atoms with Crippen molar-refractivity contribution in [1.82, 2.24) is 0 Å². The molecule has 3 N–H and O–H groups in total. The summed E-state index contributed by atoms with van der Waals surface area (Å²) in [6.45, 7) is 2.88. The first-order chi connectivity index (χ1) is 8.04. The third kappa shape index (κ3) is 3.90. The van der Waals surface area contributed by atoms with Crippen molar-refractivity contribution in [3.8, 4) is 5.75 Å². The van der Waals surface area contributed by atoms with Gasteiger partial charge in [-0.25, -0.2) is 4.79 Å². The van der Waals surface area contributed by atoms with Gasteiger partial charge in [0.25, 0.3) is 0 Å². The highest BCUT2D eigenvalue weighted by Crippen LogP contribution is 2.19. The Kier molecular flexibility index (Phi) is 4.68. The van der Waals surface area contributed by atoms with E-state index in [1.54, 1.807) is 0 Å². The van der Waals surface area contributed by atoms with Gasteiger partial charge < -0.3 is 20.1 Å². The van der Waals surface area contributed by atoms with Gasteiger partial charge in [-0.05, 0) is 17.7 Å². The number of aliphatic hydroxyl groups excluding tert-OH is 2. The van der Waals surface area contributed by atoms with Gasteiger partial charge in [-0.15, -0.1) is 0 Å².